The molecule has 3 heterocycles. The van der Waals surface area contributed by atoms with E-state index < -0.39 is 0 Å². The SMILES string of the molecule is COc1nnc(-c2cc3c(OC[C@@H]4CO4)cccc3o2)o1. The maximum Gasteiger partial charge on any atom is 0.414 e. The van der Waals surface area contributed by atoms with Crippen LogP contribution in [0.3, 0.4) is 0 Å². The molecular formula is C14H12N2O5. The molecule has 3 aromatic rings. The Labute approximate surface area is 119 Å². The first-order valence-electron chi connectivity index (χ1n) is 6.48. The number of furan rings is 1. The van der Waals surface area contributed by atoms with Crippen LogP contribution in [0.15, 0.2) is 33.1 Å². The highest BCUT2D eigenvalue weighted by Crippen LogP contribution is 2.33. The monoisotopic (exact) mass is 288 g/mol. The topological polar surface area (TPSA) is 83.1 Å². The molecule has 0 N–H and O–H groups in total. The molecule has 0 saturated carbocycles. The van der Waals surface area contributed by atoms with E-state index in [1.54, 1.807) is 0 Å². The molecule has 2 aromatic heterocycles. The zero-order chi connectivity index (χ0) is 14.2. The summed E-state index contributed by atoms with van der Waals surface area (Å²) in [6, 6.07) is 7.42. The molecule has 1 saturated heterocycles. The van der Waals surface area contributed by atoms with Gasteiger partial charge in [-0.2, -0.15) is 0 Å². The second-order valence-corrected chi connectivity index (χ2v) is 4.62. The average molecular weight is 288 g/mol. The van der Waals surface area contributed by atoms with Crippen molar-refractivity contribution in [1.82, 2.24) is 10.2 Å². The lowest BCUT2D eigenvalue weighted by atomic mass is 10.2. The minimum Gasteiger partial charge on any atom is -0.490 e. The largest absolute Gasteiger partial charge is 0.490 e. The van der Waals surface area contributed by atoms with Crippen molar-refractivity contribution in [2.45, 2.75) is 6.10 Å². The molecule has 0 bridgehead atoms. The molecule has 0 amide bonds. The van der Waals surface area contributed by atoms with Crippen molar-refractivity contribution >= 4 is 11.0 Å². The van der Waals surface area contributed by atoms with Crippen molar-refractivity contribution < 1.29 is 23.0 Å². The summed E-state index contributed by atoms with van der Waals surface area (Å²) < 4.78 is 26.8. The van der Waals surface area contributed by atoms with Crippen LogP contribution in [-0.2, 0) is 4.74 Å². The van der Waals surface area contributed by atoms with E-state index in [1.165, 1.54) is 7.11 Å². The van der Waals surface area contributed by atoms with Crippen LogP contribution in [0.25, 0.3) is 22.6 Å². The molecule has 1 atom stereocenters. The lowest BCUT2D eigenvalue weighted by Gasteiger charge is -2.04. The minimum absolute atomic E-state index is 0.0906. The molecule has 4 rings (SSSR count). The van der Waals surface area contributed by atoms with E-state index in [4.69, 9.17) is 23.0 Å². The molecule has 1 fully saturated rings. The van der Waals surface area contributed by atoms with Crippen molar-refractivity contribution in [2.24, 2.45) is 0 Å². The highest BCUT2D eigenvalue weighted by molar-refractivity contribution is 5.87. The van der Waals surface area contributed by atoms with E-state index in [1.807, 2.05) is 24.3 Å². The fourth-order valence-corrected chi connectivity index (χ4v) is 2.00. The zero-order valence-corrected chi connectivity index (χ0v) is 11.2. The predicted molar refractivity (Wildman–Crippen MR) is 71.3 cm³/mol. The standard InChI is InChI=1S/C14H12N2O5/c1-17-14-16-15-13(21-14)12-5-9-10(19-7-8-6-18-8)3-2-4-11(9)20-12/h2-5,8H,6-7H2,1H3/t8-/m0/s1. The van der Waals surface area contributed by atoms with E-state index >= 15 is 0 Å². The number of ether oxygens (including phenoxy) is 3. The van der Waals surface area contributed by atoms with Crippen LogP contribution in [0.1, 0.15) is 0 Å². The minimum atomic E-state index is 0.0906. The Morgan fingerprint density at radius 2 is 2.19 bits per heavy atom. The van der Waals surface area contributed by atoms with E-state index in [0.29, 0.717) is 18.0 Å². The van der Waals surface area contributed by atoms with Gasteiger partial charge in [0, 0.05) is 6.07 Å². The zero-order valence-electron chi connectivity index (χ0n) is 11.2. The van der Waals surface area contributed by atoms with Gasteiger partial charge < -0.3 is 23.0 Å². The van der Waals surface area contributed by atoms with Gasteiger partial charge in [0.25, 0.3) is 5.89 Å². The normalized spacial score (nSPS) is 17.1. The second kappa shape index (κ2) is 4.78. The number of aromatic nitrogens is 2. The summed E-state index contributed by atoms with van der Waals surface area (Å²) in [6.45, 7) is 1.29. The molecule has 0 aliphatic carbocycles. The van der Waals surface area contributed by atoms with Crippen LogP contribution in [-0.4, -0.2) is 36.6 Å². The highest BCUT2D eigenvalue weighted by atomic mass is 16.6. The van der Waals surface area contributed by atoms with Gasteiger partial charge in [-0.1, -0.05) is 11.2 Å². The molecule has 0 spiro atoms. The number of benzene rings is 1. The smallest absolute Gasteiger partial charge is 0.414 e. The molecule has 1 aliphatic rings. The third kappa shape index (κ3) is 2.31. The summed E-state index contributed by atoms with van der Waals surface area (Å²) in [5.74, 6) is 1.48. The van der Waals surface area contributed by atoms with Gasteiger partial charge in [-0.3, -0.25) is 0 Å². The number of epoxide rings is 1. The fraction of sp³-hybridized carbons (Fsp3) is 0.286. The van der Waals surface area contributed by atoms with Gasteiger partial charge in [-0.05, 0) is 12.1 Å². The van der Waals surface area contributed by atoms with Crippen molar-refractivity contribution in [3.05, 3.63) is 24.3 Å². The number of hydrogen-bond donors (Lipinski definition) is 0. The van der Waals surface area contributed by atoms with E-state index in [-0.39, 0.29) is 18.1 Å². The lowest BCUT2D eigenvalue weighted by molar-refractivity contribution is 0.265. The molecule has 7 heteroatoms. The van der Waals surface area contributed by atoms with Crippen molar-refractivity contribution in [2.75, 3.05) is 20.3 Å². The Morgan fingerprint density at radius 3 is 2.95 bits per heavy atom. The molecule has 108 valence electrons. The second-order valence-electron chi connectivity index (χ2n) is 4.62. The Kier molecular flexibility index (Phi) is 2.78. The first-order chi connectivity index (χ1) is 10.3. The number of methoxy groups -OCH3 is 1. The number of rotatable bonds is 5. The van der Waals surface area contributed by atoms with Crippen molar-refractivity contribution in [1.29, 1.82) is 0 Å². The fourth-order valence-electron chi connectivity index (χ4n) is 2.00. The van der Waals surface area contributed by atoms with Crippen LogP contribution in [0, 0.1) is 0 Å². The summed E-state index contributed by atoms with van der Waals surface area (Å²) in [4.78, 5) is 0. The predicted octanol–water partition coefficient (Wildman–Crippen LogP) is 2.27. The molecule has 0 radical (unpaired) electrons. The van der Waals surface area contributed by atoms with Crippen LogP contribution in [0.2, 0.25) is 0 Å². The van der Waals surface area contributed by atoms with Gasteiger partial charge in [0.15, 0.2) is 5.76 Å². The van der Waals surface area contributed by atoms with Crippen LogP contribution < -0.4 is 9.47 Å². The maximum absolute atomic E-state index is 5.74. The maximum atomic E-state index is 5.74. The van der Waals surface area contributed by atoms with E-state index in [0.717, 1.165) is 17.7 Å². The van der Waals surface area contributed by atoms with Gasteiger partial charge in [0.2, 0.25) is 0 Å². The van der Waals surface area contributed by atoms with Gasteiger partial charge in [-0.15, -0.1) is 5.10 Å². The molecule has 0 unspecified atom stereocenters. The molecule has 1 aliphatic heterocycles. The summed E-state index contributed by atoms with van der Waals surface area (Å²) >= 11 is 0. The third-order valence-corrected chi connectivity index (χ3v) is 3.14. The average Bonchev–Trinajstić information content (AvgIpc) is 3.03. The van der Waals surface area contributed by atoms with Crippen molar-refractivity contribution in [3.63, 3.8) is 0 Å². The number of nitrogens with zero attached hydrogens (tertiary/aromatic N) is 2. The Bertz CT molecular complexity index is 775. The Morgan fingerprint density at radius 1 is 1.29 bits per heavy atom. The Balaban J connectivity index is 1.69. The van der Waals surface area contributed by atoms with E-state index in [9.17, 15) is 0 Å². The van der Waals surface area contributed by atoms with E-state index in [2.05, 4.69) is 10.2 Å². The van der Waals surface area contributed by atoms with Gasteiger partial charge in [0.1, 0.15) is 24.0 Å². The first kappa shape index (κ1) is 12.2. The van der Waals surface area contributed by atoms with Gasteiger partial charge >= 0.3 is 6.08 Å². The van der Waals surface area contributed by atoms with Gasteiger partial charge in [0.05, 0.1) is 19.1 Å². The summed E-state index contributed by atoms with van der Waals surface area (Å²) in [5.41, 5.74) is 0.691. The summed E-state index contributed by atoms with van der Waals surface area (Å²) in [7, 11) is 1.46. The quantitative estimate of drug-likeness (QED) is 0.666. The summed E-state index contributed by atoms with van der Waals surface area (Å²) in [5, 5.41) is 8.45. The molecule has 21 heavy (non-hydrogen) atoms. The van der Waals surface area contributed by atoms with Gasteiger partial charge in [-0.25, -0.2) is 0 Å². The first-order valence-corrected chi connectivity index (χ1v) is 6.48. The molecule has 7 nitrogen and oxygen atoms in total. The van der Waals surface area contributed by atoms with Crippen LogP contribution in [0.4, 0.5) is 0 Å². The van der Waals surface area contributed by atoms with Crippen LogP contribution in [0.5, 0.6) is 11.8 Å². The number of hydrogen-bond acceptors (Lipinski definition) is 7. The van der Waals surface area contributed by atoms with Crippen LogP contribution >= 0.6 is 0 Å². The molecule has 1 aromatic carbocycles. The van der Waals surface area contributed by atoms with Crippen molar-refractivity contribution in [3.8, 4) is 23.5 Å². The highest BCUT2D eigenvalue weighted by Gasteiger charge is 2.24. The lowest BCUT2D eigenvalue weighted by Crippen LogP contribution is -2.03. The Hall–Kier alpha value is -2.54. The number of fused-ring (bicyclic) bond motifs is 1. The third-order valence-electron chi connectivity index (χ3n) is 3.14. The summed E-state index contributed by atoms with van der Waals surface area (Å²) in [6.07, 6.45) is 0.291. The molecular weight excluding hydrogens is 276 g/mol.